The standard InChI is InChI=1S/C14H19NO/c1-3-7-13(2)15-10-11-16-12-14-8-5-4-6-9-14/h1,4-6,8-9,13,15H,7,10-12H2,2H3. The monoisotopic (exact) mass is 217 g/mol. The van der Waals surface area contributed by atoms with Gasteiger partial charge in [-0.2, -0.15) is 0 Å². The van der Waals surface area contributed by atoms with Crippen LogP contribution in [0.3, 0.4) is 0 Å². The van der Waals surface area contributed by atoms with Crippen LogP contribution in [-0.2, 0) is 11.3 Å². The Morgan fingerprint density at radius 3 is 2.81 bits per heavy atom. The van der Waals surface area contributed by atoms with Crippen LogP contribution in [0.4, 0.5) is 0 Å². The van der Waals surface area contributed by atoms with Crippen molar-refractivity contribution >= 4 is 0 Å². The molecule has 0 saturated carbocycles. The summed E-state index contributed by atoms with van der Waals surface area (Å²) in [5.41, 5.74) is 1.21. The van der Waals surface area contributed by atoms with Crippen molar-refractivity contribution in [2.45, 2.75) is 26.0 Å². The van der Waals surface area contributed by atoms with Crippen LogP contribution in [0.15, 0.2) is 30.3 Å². The maximum Gasteiger partial charge on any atom is 0.0717 e. The highest BCUT2D eigenvalue weighted by molar-refractivity contribution is 5.13. The number of terminal acetylenes is 1. The van der Waals surface area contributed by atoms with E-state index in [1.54, 1.807) is 0 Å². The van der Waals surface area contributed by atoms with Gasteiger partial charge in [0.15, 0.2) is 0 Å². The zero-order valence-electron chi connectivity index (χ0n) is 9.78. The minimum atomic E-state index is 0.366. The Kier molecular flexibility index (Phi) is 6.32. The lowest BCUT2D eigenvalue weighted by atomic mass is 10.2. The van der Waals surface area contributed by atoms with Gasteiger partial charge < -0.3 is 10.1 Å². The van der Waals surface area contributed by atoms with Gasteiger partial charge in [-0.3, -0.25) is 0 Å². The van der Waals surface area contributed by atoms with Crippen LogP contribution in [0.5, 0.6) is 0 Å². The molecule has 86 valence electrons. The second-order valence-electron chi connectivity index (χ2n) is 3.80. The normalized spacial score (nSPS) is 12.0. The Bertz CT molecular complexity index is 315. The number of hydrogen-bond acceptors (Lipinski definition) is 2. The Morgan fingerprint density at radius 1 is 1.38 bits per heavy atom. The minimum Gasteiger partial charge on any atom is -0.375 e. The SMILES string of the molecule is C#CCC(C)NCCOCc1ccccc1. The van der Waals surface area contributed by atoms with Gasteiger partial charge in [-0.1, -0.05) is 30.3 Å². The van der Waals surface area contributed by atoms with Crippen LogP contribution in [0.2, 0.25) is 0 Å². The molecule has 0 radical (unpaired) electrons. The van der Waals surface area contributed by atoms with E-state index in [1.165, 1.54) is 5.56 Å². The molecule has 1 N–H and O–H groups in total. The Balaban J connectivity index is 2.03. The molecular formula is C14H19NO. The van der Waals surface area contributed by atoms with Gasteiger partial charge in [-0.15, -0.1) is 12.3 Å². The first-order valence-electron chi connectivity index (χ1n) is 5.61. The van der Waals surface area contributed by atoms with E-state index in [9.17, 15) is 0 Å². The number of benzene rings is 1. The quantitative estimate of drug-likeness (QED) is 0.558. The predicted octanol–water partition coefficient (Wildman–Crippen LogP) is 2.20. The fraction of sp³-hybridized carbons (Fsp3) is 0.429. The minimum absolute atomic E-state index is 0.366. The van der Waals surface area contributed by atoms with Crippen molar-refractivity contribution in [3.05, 3.63) is 35.9 Å². The molecule has 0 heterocycles. The smallest absolute Gasteiger partial charge is 0.0717 e. The highest BCUT2D eigenvalue weighted by Gasteiger charge is 1.97. The predicted molar refractivity (Wildman–Crippen MR) is 67.0 cm³/mol. The lowest BCUT2D eigenvalue weighted by Gasteiger charge is -2.10. The summed E-state index contributed by atoms with van der Waals surface area (Å²) in [4.78, 5) is 0. The van der Waals surface area contributed by atoms with Crippen molar-refractivity contribution in [2.24, 2.45) is 0 Å². The second-order valence-corrected chi connectivity index (χ2v) is 3.80. The van der Waals surface area contributed by atoms with E-state index in [0.29, 0.717) is 19.3 Å². The highest BCUT2D eigenvalue weighted by atomic mass is 16.5. The van der Waals surface area contributed by atoms with Gasteiger partial charge in [0.2, 0.25) is 0 Å². The van der Waals surface area contributed by atoms with Crippen LogP contribution in [0.1, 0.15) is 18.9 Å². The van der Waals surface area contributed by atoms with Crippen molar-refractivity contribution in [1.29, 1.82) is 0 Å². The zero-order valence-corrected chi connectivity index (χ0v) is 9.78. The van der Waals surface area contributed by atoms with Crippen LogP contribution in [0, 0.1) is 12.3 Å². The van der Waals surface area contributed by atoms with Gasteiger partial charge in [-0.25, -0.2) is 0 Å². The van der Waals surface area contributed by atoms with Crippen molar-refractivity contribution in [2.75, 3.05) is 13.2 Å². The van der Waals surface area contributed by atoms with Crippen LogP contribution in [-0.4, -0.2) is 19.2 Å². The third kappa shape index (κ3) is 5.55. The van der Waals surface area contributed by atoms with Crippen LogP contribution in [0.25, 0.3) is 0 Å². The molecular weight excluding hydrogens is 198 g/mol. The molecule has 2 heteroatoms. The van der Waals surface area contributed by atoms with E-state index in [4.69, 9.17) is 11.2 Å². The Hall–Kier alpha value is -1.30. The maximum absolute atomic E-state index is 5.53. The molecule has 0 aliphatic rings. The third-order valence-electron chi connectivity index (χ3n) is 2.27. The molecule has 0 fully saturated rings. The number of rotatable bonds is 7. The highest BCUT2D eigenvalue weighted by Crippen LogP contribution is 1.99. The number of ether oxygens (including phenoxy) is 1. The average molecular weight is 217 g/mol. The molecule has 1 atom stereocenters. The summed E-state index contributed by atoms with van der Waals surface area (Å²) < 4.78 is 5.53. The summed E-state index contributed by atoms with van der Waals surface area (Å²) >= 11 is 0. The molecule has 1 aromatic carbocycles. The van der Waals surface area contributed by atoms with E-state index in [1.807, 2.05) is 18.2 Å². The molecule has 16 heavy (non-hydrogen) atoms. The summed E-state index contributed by atoms with van der Waals surface area (Å²) in [5.74, 6) is 2.63. The summed E-state index contributed by atoms with van der Waals surface area (Å²) in [6, 6.07) is 10.5. The Labute approximate surface area is 98.0 Å². The molecule has 0 amide bonds. The number of hydrogen-bond donors (Lipinski definition) is 1. The molecule has 0 spiro atoms. The van der Waals surface area contributed by atoms with Crippen molar-refractivity contribution < 1.29 is 4.74 Å². The molecule has 0 bridgehead atoms. The van der Waals surface area contributed by atoms with Crippen LogP contribution < -0.4 is 5.32 Å². The van der Waals surface area contributed by atoms with E-state index < -0.39 is 0 Å². The molecule has 0 saturated heterocycles. The first kappa shape index (κ1) is 12.8. The molecule has 0 aromatic heterocycles. The molecule has 1 rings (SSSR count). The van der Waals surface area contributed by atoms with E-state index in [-0.39, 0.29) is 0 Å². The summed E-state index contributed by atoms with van der Waals surface area (Å²) in [6.45, 7) is 4.31. The first-order chi connectivity index (χ1) is 7.83. The average Bonchev–Trinajstić information content (AvgIpc) is 2.30. The fourth-order valence-electron chi connectivity index (χ4n) is 1.39. The first-order valence-corrected chi connectivity index (χ1v) is 5.61. The Morgan fingerprint density at radius 2 is 2.12 bits per heavy atom. The third-order valence-corrected chi connectivity index (χ3v) is 2.27. The van der Waals surface area contributed by atoms with Gasteiger partial charge in [0.05, 0.1) is 13.2 Å². The van der Waals surface area contributed by atoms with E-state index in [2.05, 4.69) is 30.3 Å². The van der Waals surface area contributed by atoms with Gasteiger partial charge in [-0.05, 0) is 12.5 Å². The number of nitrogens with one attached hydrogen (secondary N) is 1. The molecule has 0 aliphatic carbocycles. The zero-order chi connectivity index (χ0) is 11.6. The fourth-order valence-corrected chi connectivity index (χ4v) is 1.39. The van der Waals surface area contributed by atoms with Crippen molar-refractivity contribution in [3.63, 3.8) is 0 Å². The summed E-state index contributed by atoms with van der Waals surface area (Å²) in [7, 11) is 0. The van der Waals surface area contributed by atoms with Gasteiger partial charge in [0, 0.05) is 19.0 Å². The van der Waals surface area contributed by atoms with Gasteiger partial charge in [0.1, 0.15) is 0 Å². The summed E-state index contributed by atoms with van der Waals surface area (Å²) in [5, 5.41) is 3.30. The lowest BCUT2D eigenvalue weighted by Crippen LogP contribution is -2.28. The molecule has 1 unspecified atom stereocenters. The van der Waals surface area contributed by atoms with E-state index in [0.717, 1.165) is 13.0 Å². The second kappa shape index (κ2) is 7.92. The maximum atomic E-state index is 5.53. The van der Waals surface area contributed by atoms with Gasteiger partial charge in [0.25, 0.3) is 0 Å². The topological polar surface area (TPSA) is 21.3 Å². The van der Waals surface area contributed by atoms with Crippen LogP contribution >= 0.6 is 0 Å². The van der Waals surface area contributed by atoms with Crippen molar-refractivity contribution in [3.8, 4) is 12.3 Å². The molecule has 0 aliphatic heterocycles. The molecule has 1 aromatic rings. The van der Waals surface area contributed by atoms with E-state index >= 15 is 0 Å². The van der Waals surface area contributed by atoms with Gasteiger partial charge >= 0.3 is 0 Å². The largest absolute Gasteiger partial charge is 0.375 e. The lowest BCUT2D eigenvalue weighted by molar-refractivity contribution is 0.121. The molecule has 2 nitrogen and oxygen atoms in total. The summed E-state index contributed by atoms with van der Waals surface area (Å²) in [6.07, 6.45) is 5.98. The van der Waals surface area contributed by atoms with Crippen molar-refractivity contribution in [1.82, 2.24) is 5.32 Å².